The van der Waals surface area contributed by atoms with Crippen molar-refractivity contribution in [2.75, 3.05) is 23.3 Å². The Kier molecular flexibility index (Phi) is 5.18. The average molecular weight is 288 g/mol. The van der Waals surface area contributed by atoms with Crippen LogP contribution in [0.2, 0.25) is 0 Å². The summed E-state index contributed by atoms with van der Waals surface area (Å²) in [5, 5.41) is 3.75. The summed E-state index contributed by atoms with van der Waals surface area (Å²) in [5.41, 5.74) is 3.06. The molecule has 0 amide bonds. The Morgan fingerprint density at radius 2 is 1.71 bits per heavy atom. The van der Waals surface area contributed by atoms with Gasteiger partial charge in [-0.05, 0) is 68.7 Å². The maximum absolute atomic E-state index is 3.75. The molecule has 1 fully saturated rings. The summed E-state index contributed by atoms with van der Waals surface area (Å²) in [6.45, 7) is 13.7. The summed E-state index contributed by atoms with van der Waals surface area (Å²) < 4.78 is 0. The zero-order valence-electron chi connectivity index (χ0n) is 14.4. The van der Waals surface area contributed by atoms with Crippen molar-refractivity contribution in [1.29, 1.82) is 0 Å². The molecule has 0 aliphatic heterocycles. The van der Waals surface area contributed by atoms with Gasteiger partial charge in [0.2, 0.25) is 0 Å². The SMILES string of the molecule is CCN(CC)c1ccc(NC2CC(C)CC(C)(C)C2)cc1. The third kappa shape index (κ3) is 4.39. The predicted molar refractivity (Wildman–Crippen MR) is 94.2 cm³/mol. The van der Waals surface area contributed by atoms with Gasteiger partial charge in [0.15, 0.2) is 0 Å². The molecule has 1 saturated carbocycles. The summed E-state index contributed by atoms with van der Waals surface area (Å²) in [4.78, 5) is 2.38. The van der Waals surface area contributed by atoms with Gasteiger partial charge in [0.1, 0.15) is 0 Å². The quantitative estimate of drug-likeness (QED) is 0.805. The largest absolute Gasteiger partial charge is 0.382 e. The van der Waals surface area contributed by atoms with E-state index >= 15 is 0 Å². The van der Waals surface area contributed by atoms with Crippen LogP contribution in [0.3, 0.4) is 0 Å². The minimum atomic E-state index is 0.469. The van der Waals surface area contributed by atoms with Crippen molar-refractivity contribution < 1.29 is 0 Å². The molecule has 2 rings (SSSR count). The molecule has 0 bridgehead atoms. The van der Waals surface area contributed by atoms with Crippen molar-refractivity contribution in [1.82, 2.24) is 0 Å². The first-order chi connectivity index (χ1) is 9.93. The Morgan fingerprint density at radius 3 is 2.24 bits per heavy atom. The summed E-state index contributed by atoms with van der Waals surface area (Å²) in [5.74, 6) is 0.821. The Hall–Kier alpha value is -1.18. The fourth-order valence-corrected chi connectivity index (χ4v) is 4.05. The van der Waals surface area contributed by atoms with Gasteiger partial charge in [0.05, 0.1) is 0 Å². The molecule has 2 heteroatoms. The summed E-state index contributed by atoms with van der Waals surface area (Å²) in [6, 6.07) is 9.57. The molecule has 2 unspecified atom stereocenters. The highest BCUT2D eigenvalue weighted by Gasteiger charge is 2.31. The van der Waals surface area contributed by atoms with E-state index in [9.17, 15) is 0 Å². The molecule has 118 valence electrons. The van der Waals surface area contributed by atoms with E-state index in [1.807, 2.05) is 0 Å². The minimum absolute atomic E-state index is 0.469. The fourth-order valence-electron chi connectivity index (χ4n) is 4.05. The molecule has 1 N–H and O–H groups in total. The third-order valence-corrected chi connectivity index (χ3v) is 4.75. The molecule has 0 saturated heterocycles. The molecule has 1 aliphatic rings. The molecule has 2 nitrogen and oxygen atoms in total. The standard InChI is InChI=1S/C19H32N2/c1-6-21(7-2)18-10-8-16(9-11-18)20-17-12-15(3)13-19(4,5)14-17/h8-11,15,17,20H,6-7,12-14H2,1-5H3. The van der Waals surface area contributed by atoms with Crippen molar-refractivity contribution in [3.63, 3.8) is 0 Å². The first kappa shape index (κ1) is 16.2. The van der Waals surface area contributed by atoms with E-state index in [2.05, 4.69) is 69.1 Å². The van der Waals surface area contributed by atoms with Gasteiger partial charge in [-0.25, -0.2) is 0 Å². The van der Waals surface area contributed by atoms with Crippen molar-refractivity contribution in [2.45, 2.75) is 59.9 Å². The monoisotopic (exact) mass is 288 g/mol. The van der Waals surface area contributed by atoms with Crippen LogP contribution >= 0.6 is 0 Å². The molecule has 21 heavy (non-hydrogen) atoms. The van der Waals surface area contributed by atoms with E-state index in [4.69, 9.17) is 0 Å². The lowest BCUT2D eigenvalue weighted by molar-refractivity contribution is 0.178. The number of hydrogen-bond acceptors (Lipinski definition) is 2. The van der Waals surface area contributed by atoms with Gasteiger partial charge >= 0.3 is 0 Å². The van der Waals surface area contributed by atoms with Crippen LogP contribution in [0.1, 0.15) is 53.9 Å². The zero-order chi connectivity index (χ0) is 15.5. The normalized spacial score (nSPS) is 24.6. The van der Waals surface area contributed by atoms with Crippen LogP contribution in [-0.2, 0) is 0 Å². The van der Waals surface area contributed by atoms with Crippen LogP contribution in [0.5, 0.6) is 0 Å². The van der Waals surface area contributed by atoms with E-state index in [1.54, 1.807) is 0 Å². The van der Waals surface area contributed by atoms with Crippen molar-refractivity contribution >= 4 is 11.4 Å². The first-order valence-corrected chi connectivity index (χ1v) is 8.55. The van der Waals surface area contributed by atoms with Crippen LogP contribution in [0.25, 0.3) is 0 Å². The van der Waals surface area contributed by atoms with E-state index in [-0.39, 0.29) is 0 Å². The smallest absolute Gasteiger partial charge is 0.0367 e. The zero-order valence-corrected chi connectivity index (χ0v) is 14.4. The Balaban J connectivity index is 2.00. The van der Waals surface area contributed by atoms with Crippen LogP contribution in [-0.4, -0.2) is 19.1 Å². The summed E-state index contributed by atoms with van der Waals surface area (Å²) in [6.07, 6.45) is 3.92. The molecule has 0 aromatic heterocycles. The summed E-state index contributed by atoms with van der Waals surface area (Å²) >= 11 is 0. The highest BCUT2D eigenvalue weighted by Crippen LogP contribution is 2.39. The van der Waals surface area contributed by atoms with E-state index in [0.717, 1.165) is 19.0 Å². The molecular weight excluding hydrogens is 256 g/mol. The second-order valence-corrected chi connectivity index (χ2v) is 7.47. The van der Waals surface area contributed by atoms with Crippen molar-refractivity contribution in [3.8, 4) is 0 Å². The minimum Gasteiger partial charge on any atom is -0.382 e. The van der Waals surface area contributed by atoms with Crippen LogP contribution < -0.4 is 10.2 Å². The number of benzene rings is 1. The molecule has 1 aromatic rings. The predicted octanol–water partition coefficient (Wildman–Crippen LogP) is 5.16. The third-order valence-electron chi connectivity index (χ3n) is 4.75. The second-order valence-electron chi connectivity index (χ2n) is 7.47. The molecular formula is C19H32N2. The van der Waals surface area contributed by atoms with Crippen LogP contribution in [0.15, 0.2) is 24.3 Å². The Morgan fingerprint density at radius 1 is 1.10 bits per heavy atom. The molecule has 1 aromatic carbocycles. The van der Waals surface area contributed by atoms with Crippen LogP contribution in [0.4, 0.5) is 11.4 Å². The van der Waals surface area contributed by atoms with E-state index < -0.39 is 0 Å². The number of nitrogens with one attached hydrogen (secondary N) is 1. The maximum atomic E-state index is 3.75. The van der Waals surface area contributed by atoms with E-state index in [1.165, 1.54) is 30.6 Å². The van der Waals surface area contributed by atoms with Gasteiger partial charge in [-0.3, -0.25) is 0 Å². The van der Waals surface area contributed by atoms with Gasteiger partial charge in [-0.2, -0.15) is 0 Å². The van der Waals surface area contributed by atoms with Crippen molar-refractivity contribution in [2.24, 2.45) is 11.3 Å². The Bertz CT molecular complexity index is 431. The number of rotatable bonds is 5. The highest BCUT2D eigenvalue weighted by molar-refractivity contribution is 5.55. The maximum Gasteiger partial charge on any atom is 0.0367 e. The topological polar surface area (TPSA) is 15.3 Å². The number of hydrogen-bond donors (Lipinski definition) is 1. The van der Waals surface area contributed by atoms with Crippen LogP contribution in [0, 0.1) is 11.3 Å². The summed E-state index contributed by atoms with van der Waals surface area (Å²) in [7, 11) is 0. The lowest BCUT2D eigenvalue weighted by Gasteiger charge is -2.39. The molecule has 0 spiro atoms. The highest BCUT2D eigenvalue weighted by atomic mass is 15.1. The average Bonchev–Trinajstić information content (AvgIpc) is 2.39. The molecule has 0 heterocycles. The molecule has 0 radical (unpaired) electrons. The first-order valence-electron chi connectivity index (χ1n) is 8.55. The number of nitrogens with zero attached hydrogens (tertiary/aromatic N) is 1. The lowest BCUT2D eigenvalue weighted by Crippen LogP contribution is -2.35. The van der Waals surface area contributed by atoms with Gasteiger partial charge < -0.3 is 10.2 Å². The lowest BCUT2D eigenvalue weighted by atomic mass is 9.70. The van der Waals surface area contributed by atoms with Gasteiger partial charge in [0.25, 0.3) is 0 Å². The molecule has 2 atom stereocenters. The number of anilines is 2. The Labute approximate surface area is 130 Å². The van der Waals surface area contributed by atoms with Gasteiger partial charge in [-0.15, -0.1) is 0 Å². The molecule has 1 aliphatic carbocycles. The second kappa shape index (κ2) is 6.72. The van der Waals surface area contributed by atoms with Crippen molar-refractivity contribution in [3.05, 3.63) is 24.3 Å². The fraction of sp³-hybridized carbons (Fsp3) is 0.684. The van der Waals surface area contributed by atoms with E-state index in [0.29, 0.717) is 11.5 Å². The van der Waals surface area contributed by atoms with Gasteiger partial charge in [-0.1, -0.05) is 20.8 Å². The van der Waals surface area contributed by atoms with Gasteiger partial charge in [0, 0.05) is 30.5 Å².